The lowest BCUT2D eigenvalue weighted by atomic mass is 10.3. The molecule has 0 saturated heterocycles. The van der Waals surface area contributed by atoms with Crippen molar-refractivity contribution in [1.82, 2.24) is 10.2 Å². The van der Waals surface area contributed by atoms with Crippen LogP contribution in [0.1, 0.15) is 13.8 Å². The predicted molar refractivity (Wildman–Crippen MR) is 46.2 cm³/mol. The quantitative estimate of drug-likeness (QED) is 0.626. The van der Waals surface area contributed by atoms with Gasteiger partial charge in [-0.1, -0.05) is 13.8 Å². The summed E-state index contributed by atoms with van der Waals surface area (Å²) in [6.45, 7) is 6.75. The average Bonchev–Trinajstić information content (AvgIpc) is 2.03. The van der Waals surface area contributed by atoms with Gasteiger partial charge in [0.15, 0.2) is 0 Å². The van der Waals surface area contributed by atoms with Gasteiger partial charge in [0.2, 0.25) is 0 Å². The van der Waals surface area contributed by atoms with E-state index in [9.17, 15) is 0 Å². The van der Waals surface area contributed by atoms with Crippen LogP contribution in [0.5, 0.6) is 0 Å². The molecule has 1 unspecified atom stereocenters. The molecule has 0 heterocycles. The third kappa shape index (κ3) is 4.77. The van der Waals surface area contributed by atoms with Crippen molar-refractivity contribution < 1.29 is 0 Å². The Labute approximate surface area is 69.0 Å². The van der Waals surface area contributed by atoms with E-state index < -0.39 is 0 Å². The van der Waals surface area contributed by atoms with Gasteiger partial charge >= 0.3 is 0 Å². The standard InChI is InChI=1S/C8H17N3/c1-4-10-8(6-9)7-11(3)5-2/h8,10H,4-5,7H2,1-3H3. The highest BCUT2D eigenvalue weighted by atomic mass is 15.1. The van der Waals surface area contributed by atoms with Crippen LogP contribution in [0.3, 0.4) is 0 Å². The van der Waals surface area contributed by atoms with Crippen molar-refractivity contribution in [2.75, 3.05) is 26.7 Å². The lowest BCUT2D eigenvalue weighted by Gasteiger charge is -2.17. The number of nitrogens with zero attached hydrogens (tertiary/aromatic N) is 2. The molecule has 3 nitrogen and oxygen atoms in total. The zero-order chi connectivity index (χ0) is 8.69. The molecule has 1 N–H and O–H groups in total. The molecular formula is C8H17N3. The van der Waals surface area contributed by atoms with E-state index >= 15 is 0 Å². The van der Waals surface area contributed by atoms with Gasteiger partial charge in [0.25, 0.3) is 0 Å². The van der Waals surface area contributed by atoms with Gasteiger partial charge in [-0.2, -0.15) is 5.26 Å². The second-order valence-corrected chi connectivity index (χ2v) is 2.59. The van der Waals surface area contributed by atoms with Crippen molar-refractivity contribution in [2.45, 2.75) is 19.9 Å². The number of nitriles is 1. The molecule has 3 heteroatoms. The Hall–Kier alpha value is -0.590. The molecule has 1 atom stereocenters. The fourth-order valence-corrected chi connectivity index (χ4v) is 0.838. The summed E-state index contributed by atoms with van der Waals surface area (Å²) in [7, 11) is 2.02. The van der Waals surface area contributed by atoms with Crippen LogP contribution in [0.2, 0.25) is 0 Å². The Bertz CT molecular complexity index is 128. The van der Waals surface area contributed by atoms with Crippen molar-refractivity contribution in [3.05, 3.63) is 0 Å². The molecule has 0 aromatic heterocycles. The number of hydrogen-bond donors (Lipinski definition) is 1. The molecule has 0 aromatic rings. The van der Waals surface area contributed by atoms with E-state index in [1.54, 1.807) is 0 Å². The largest absolute Gasteiger partial charge is 0.304 e. The number of likely N-dealkylation sites (N-methyl/N-ethyl adjacent to an activating group) is 2. The minimum atomic E-state index is -0.0232. The van der Waals surface area contributed by atoms with Gasteiger partial charge in [0, 0.05) is 6.54 Å². The maximum absolute atomic E-state index is 8.66. The summed E-state index contributed by atoms with van der Waals surface area (Å²) in [6, 6.07) is 2.19. The van der Waals surface area contributed by atoms with Crippen molar-refractivity contribution in [3.63, 3.8) is 0 Å². The zero-order valence-electron chi connectivity index (χ0n) is 7.59. The Morgan fingerprint density at radius 1 is 1.55 bits per heavy atom. The first kappa shape index (κ1) is 10.4. The molecule has 0 radical (unpaired) electrons. The van der Waals surface area contributed by atoms with Crippen LogP contribution in [-0.4, -0.2) is 37.6 Å². The summed E-state index contributed by atoms with van der Waals surface area (Å²) in [6.07, 6.45) is 0. The fraction of sp³-hybridized carbons (Fsp3) is 0.875. The normalized spacial score (nSPS) is 13.0. The lowest BCUT2D eigenvalue weighted by Crippen LogP contribution is -2.38. The van der Waals surface area contributed by atoms with Crippen LogP contribution in [0.15, 0.2) is 0 Å². The monoisotopic (exact) mass is 155 g/mol. The minimum Gasteiger partial charge on any atom is -0.304 e. The SMILES string of the molecule is CCNC(C#N)CN(C)CC. The van der Waals surface area contributed by atoms with Crippen LogP contribution in [0.25, 0.3) is 0 Å². The number of hydrogen-bond acceptors (Lipinski definition) is 3. The summed E-state index contributed by atoms with van der Waals surface area (Å²) in [5.74, 6) is 0. The molecule has 0 rings (SSSR count). The van der Waals surface area contributed by atoms with E-state index in [0.717, 1.165) is 19.6 Å². The Balaban J connectivity index is 3.61. The average molecular weight is 155 g/mol. The van der Waals surface area contributed by atoms with Crippen molar-refractivity contribution in [2.24, 2.45) is 0 Å². The lowest BCUT2D eigenvalue weighted by molar-refractivity contribution is 0.327. The van der Waals surface area contributed by atoms with Gasteiger partial charge in [0.05, 0.1) is 6.07 Å². The second kappa shape index (κ2) is 6.14. The molecule has 0 spiro atoms. The Morgan fingerprint density at radius 2 is 2.18 bits per heavy atom. The first-order chi connectivity index (χ1) is 5.24. The molecule has 0 aromatic carbocycles. The van der Waals surface area contributed by atoms with E-state index in [0.29, 0.717) is 0 Å². The molecular weight excluding hydrogens is 138 g/mol. The van der Waals surface area contributed by atoms with Gasteiger partial charge in [-0.15, -0.1) is 0 Å². The fourth-order valence-electron chi connectivity index (χ4n) is 0.838. The summed E-state index contributed by atoms with van der Waals surface area (Å²) < 4.78 is 0. The highest BCUT2D eigenvalue weighted by Crippen LogP contribution is 1.86. The van der Waals surface area contributed by atoms with Crippen molar-refractivity contribution >= 4 is 0 Å². The summed E-state index contributed by atoms with van der Waals surface area (Å²) in [5, 5.41) is 11.8. The van der Waals surface area contributed by atoms with E-state index in [4.69, 9.17) is 5.26 Å². The minimum absolute atomic E-state index is 0.0232. The van der Waals surface area contributed by atoms with Crippen LogP contribution in [-0.2, 0) is 0 Å². The third-order valence-electron chi connectivity index (χ3n) is 1.64. The number of nitrogens with one attached hydrogen (secondary N) is 1. The van der Waals surface area contributed by atoms with Gasteiger partial charge in [-0.3, -0.25) is 0 Å². The molecule has 0 bridgehead atoms. The molecule has 0 aliphatic rings. The predicted octanol–water partition coefficient (Wildman–Crippen LogP) is 0.440. The second-order valence-electron chi connectivity index (χ2n) is 2.59. The van der Waals surface area contributed by atoms with Gasteiger partial charge in [0.1, 0.15) is 6.04 Å². The molecule has 0 aliphatic carbocycles. The van der Waals surface area contributed by atoms with Crippen molar-refractivity contribution in [3.8, 4) is 6.07 Å². The first-order valence-corrected chi connectivity index (χ1v) is 4.06. The highest BCUT2D eigenvalue weighted by molar-refractivity contribution is 4.91. The molecule has 0 aliphatic heterocycles. The van der Waals surface area contributed by atoms with Gasteiger partial charge in [-0.25, -0.2) is 0 Å². The summed E-state index contributed by atoms with van der Waals surface area (Å²) in [5.41, 5.74) is 0. The Kier molecular flexibility index (Phi) is 5.81. The van der Waals surface area contributed by atoms with E-state index in [1.165, 1.54) is 0 Å². The maximum atomic E-state index is 8.66. The highest BCUT2D eigenvalue weighted by Gasteiger charge is 2.06. The van der Waals surface area contributed by atoms with E-state index in [1.807, 2.05) is 14.0 Å². The molecule has 0 amide bonds. The van der Waals surface area contributed by atoms with Gasteiger partial charge < -0.3 is 10.2 Å². The van der Waals surface area contributed by atoms with E-state index in [2.05, 4.69) is 23.2 Å². The third-order valence-corrected chi connectivity index (χ3v) is 1.64. The molecule has 64 valence electrons. The van der Waals surface area contributed by atoms with Crippen LogP contribution in [0.4, 0.5) is 0 Å². The van der Waals surface area contributed by atoms with Crippen LogP contribution < -0.4 is 5.32 Å². The van der Waals surface area contributed by atoms with Crippen molar-refractivity contribution in [1.29, 1.82) is 5.26 Å². The topological polar surface area (TPSA) is 39.1 Å². The van der Waals surface area contributed by atoms with Gasteiger partial charge in [-0.05, 0) is 20.1 Å². The molecule has 0 fully saturated rings. The summed E-state index contributed by atoms with van der Waals surface area (Å²) in [4.78, 5) is 2.12. The van der Waals surface area contributed by atoms with Crippen LogP contribution >= 0.6 is 0 Å². The number of rotatable bonds is 5. The molecule has 11 heavy (non-hydrogen) atoms. The van der Waals surface area contributed by atoms with Crippen LogP contribution in [0, 0.1) is 11.3 Å². The summed E-state index contributed by atoms with van der Waals surface area (Å²) >= 11 is 0. The smallest absolute Gasteiger partial charge is 0.108 e. The first-order valence-electron chi connectivity index (χ1n) is 4.06. The maximum Gasteiger partial charge on any atom is 0.108 e. The zero-order valence-corrected chi connectivity index (χ0v) is 7.59. The Morgan fingerprint density at radius 3 is 2.55 bits per heavy atom. The molecule has 0 saturated carbocycles. The van der Waals surface area contributed by atoms with E-state index in [-0.39, 0.29) is 6.04 Å².